The predicted octanol–water partition coefficient (Wildman–Crippen LogP) is 2.89. The number of likely N-dealkylation sites (tertiary alicyclic amines) is 1. The Morgan fingerprint density at radius 3 is 2.47 bits per heavy atom. The van der Waals surface area contributed by atoms with Crippen LogP contribution in [0.3, 0.4) is 0 Å². The molecule has 0 aromatic heterocycles. The van der Waals surface area contributed by atoms with Crippen LogP contribution in [0.1, 0.15) is 24.4 Å². The van der Waals surface area contributed by atoms with Gasteiger partial charge in [-0.1, -0.05) is 12.1 Å². The quantitative estimate of drug-likeness (QED) is 0.859. The molecule has 0 saturated carbocycles. The van der Waals surface area contributed by atoms with Crippen LogP contribution in [0.4, 0.5) is 17.6 Å². The van der Waals surface area contributed by atoms with Crippen molar-refractivity contribution >= 4 is 0 Å². The molecule has 2 rings (SSSR count). The van der Waals surface area contributed by atoms with Gasteiger partial charge in [-0.25, -0.2) is 4.39 Å². The van der Waals surface area contributed by atoms with Crippen LogP contribution in [0.2, 0.25) is 0 Å². The van der Waals surface area contributed by atoms with Gasteiger partial charge >= 0.3 is 6.18 Å². The second-order valence-electron chi connectivity index (χ2n) is 4.76. The highest BCUT2D eigenvalue weighted by Crippen LogP contribution is 2.33. The van der Waals surface area contributed by atoms with E-state index in [0.29, 0.717) is 6.54 Å². The van der Waals surface area contributed by atoms with Crippen molar-refractivity contribution in [1.29, 1.82) is 0 Å². The number of nitrogens with zero attached hydrogens (tertiary/aromatic N) is 1. The van der Waals surface area contributed by atoms with Crippen LogP contribution in [0.15, 0.2) is 24.3 Å². The van der Waals surface area contributed by atoms with Gasteiger partial charge in [-0.15, -0.1) is 0 Å². The van der Waals surface area contributed by atoms with Gasteiger partial charge in [-0.05, 0) is 37.1 Å². The van der Waals surface area contributed by atoms with Gasteiger partial charge in [-0.2, -0.15) is 13.2 Å². The van der Waals surface area contributed by atoms with Crippen molar-refractivity contribution in [3.8, 4) is 0 Å². The fraction of sp³-hybridized carbons (Fsp3) is 0.538. The third-order valence-corrected chi connectivity index (χ3v) is 3.40. The molecule has 1 aliphatic heterocycles. The molecule has 1 aromatic carbocycles. The molecular weight excluding hydrogens is 262 g/mol. The van der Waals surface area contributed by atoms with Crippen LogP contribution < -0.4 is 0 Å². The molecule has 1 aromatic rings. The van der Waals surface area contributed by atoms with Gasteiger partial charge in [0.25, 0.3) is 0 Å². The summed E-state index contributed by atoms with van der Waals surface area (Å²) < 4.78 is 49.9. The maximum absolute atomic E-state index is 12.8. The molecular formula is C13H15F4NO. The smallest absolute Gasteiger partial charge is 0.382 e. The first-order chi connectivity index (χ1) is 8.88. The number of hydrogen-bond acceptors (Lipinski definition) is 2. The van der Waals surface area contributed by atoms with E-state index >= 15 is 0 Å². The van der Waals surface area contributed by atoms with Crippen LogP contribution in [0.5, 0.6) is 0 Å². The van der Waals surface area contributed by atoms with Crippen molar-refractivity contribution in [2.45, 2.75) is 31.2 Å². The van der Waals surface area contributed by atoms with Crippen LogP contribution >= 0.6 is 0 Å². The number of hydrogen-bond donors (Lipinski definition) is 1. The van der Waals surface area contributed by atoms with E-state index in [2.05, 4.69) is 0 Å². The fourth-order valence-corrected chi connectivity index (χ4v) is 2.43. The Bertz CT molecular complexity index is 418. The molecule has 0 bridgehead atoms. The molecule has 1 saturated heterocycles. The largest absolute Gasteiger partial charge is 0.415 e. The zero-order chi connectivity index (χ0) is 14.0. The first-order valence-electron chi connectivity index (χ1n) is 6.12. The first kappa shape index (κ1) is 14.3. The second kappa shape index (κ2) is 5.46. The van der Waals surface area contributed by atoms with Gasteiger partial charge in [0.1, 0.15) is 5.82 Å². The Morgan fingerprint density at radius 2 is 1.89 bits per heavy atom. The number of benzene rings is 1. The fourth-order valence-electron chi connectivity index (χ4n) is 2.43. The van der Waals surface area contributed by atoms with Gasteiger partial charge in [0.05, 0.1) is 0 Å². The Kier molecular flexibility index (Phi) is 4.10. The predicted molar refractivity (Wildman–Crippen MR) is 62.0 cm³/mol. The standard InChI is InChI=1S/C13H15F4NO/c14-10-5-3-9(4-6-10)11-2-1-7-18(11)8-12(19)13(15,16)17/h3-6,11-12,19H,1-2,7-8H2. The maximum atomic E-state index is 12.8. The van der Waals surface area contributed by atoms with E-state index in [0.717, 1.165) is 18.4 Å². The molecule has 19 heavy (non-hydrogen) atoms. The number of aliphatic hydroxyl groups is 1. The lowest BCUT2D eigenvalue weighted by atomic mass is 10.0. The van der Waals surface area contributed by atoms with Crippen molar-refractivity contribution in [2.24, 2.45) is 0 Å². The first-order valence-corrected chi connectivity index (χ1v) is 6.12. The summed E-state index contributed by atoms with van der Waals surface area (Å²) in [6.45, 7) is 0.0702. The van der Waals surface area contributed by atoms with Crippen molar-refractivity contribution in [3.05, 3.63) is 35.6 Å². The molecule has 0 radical (unpaired) electrons. The monoisotopic (exact) mass is 277 g/mol. The summed E-state index contributed by atoms with van der Waals surface area (Å²) in [5.41, 5.74) is 0.785. The Balaban J connectivity index is 2.07. The summed E-state index contributed by atoms with van der Waals surface area (Å²) in [6, 6.07) is 5.58. The average molecular weight is 277 g/mol. The molecule has 6 heteroatoms. The summed E-state index contributed by atoms with van der Waals surface area (Å²) in [5, 5.41) is 9.13. The van der Waals surface area contributed by atoms with E-state index in [4.69, 9.17) is 5.11 Å². The minimum atomic E-state index is -4.60. The molecule has 106 valence electrons. The number of rotatable bonds is 3. The van der Waals surface area contributed by atoms with Gasteiger partial charge in [0.2, 0.25) is 0 Å². The van der Waals surface area contributed by atoms with Crippen molar-refractivity contribution < 1.29 is 22.7 Å². The Hall–Kier alpha value is -1.14. The van der Waals surface area contributed by atoms with Crippen molar-refractivity contribution in [2.75, 3.05) is 13.1 Å². The Labute approximate surface area is 108 Å². The maximum Gasteiger partial charge on any atom is 0.415 e. The number of β-amino-alcohol motifs (C(OH)–C–C–N with tert-alkyl or cyclic N) is 1. The number of alkyl halides is 3. The molecule has 1 fully saturated rings. The molecule has 2 atom stereocenters. The summed E-state index contributed by atoms with van der Waals surface area (Å²) in [5.74, 6) is -0.372. The zero-order valence-corrected chi connectivity index (χ0v) is 10.2. The van der Waals surface area contributed by atoms with E-state index in [-0.39, 0.29) is 11.9 Å². The lowest BCUT2D eigenvalue weighted by Gasteiger charge is -2.27. The molecule has 1 heterocycles. The van der Waals surface area contributed by atoms with Crippen LogP contribution in [0, 0.1) is 5.82 Å². The van der Waals surface area contributed by atoms with E-state index < -0.39 is 18.8 Å². The minimum Gasteiger partial charge on any atom is -0.382 e. The summed E-state index contributed by atoms with van der Waals surface area (Å²) in [4.78, 5) is 1.60. The topological polar surface area (TPSA) is 23.5 Å². The highest BCUT2D eigenvalue weighted by molar-refractivity contribution is 5.21. The van der Waals surface area contributed by atoms with Crippen LogP contribution in [-0.4, -0.2) is 35.4 Å². The highest BCUT2D eigenvalue weighted by Gasteiger charge is 2.41. The Morgan fingerprint density at radius 1 is 1.26 bits per heavy atom. The molecule has 0 amide bonds. The van der Waals surface area contributed by atoms with Crippen molar-refractivity contribution in [1.82, 2.24) is 4.90 Å². The van der Waals surface area contributed by atoms with Gasteiger partial charge in [-0.3, -0.25) is 4.90 Å². The molecule has 0 spiro atoms. The molecule has 1 aliphatic rings. The third-order valence-electron chi connectivity index (χ3n) is 3.40. The number of halogens is 4. The molecule has 2 nitrogen and oxygen atoms in total. The van der Waals surface area contributed by atoms with E-state index in [1.165, 1.54) is 12.1 Å². The van der Waals surface area contributed by atoms with Gasteiger partial charge in [0.15, 0.2) is 6.10 Å². The second-order valence-corrected chi connectivity index (χ2v) is 4.76. The third kappa shape index (κ3) is 3.45. The average Bonchev–Trinajstić information content (AvgIpc) is 2.77. The lowest BCUT2D eigenvalue weighted by Crippen LogP contribution is -2.40. The SMILES string of the molecule is OC(CN1CCCC1c1ccc(F)cc1)C(F)(F)F. The van der Waals surface area contributed by atoms with Crippen molar-refractivity contribution in [3.63, 3.8) is 0 Å². The minimum absolute atomic E-state index is 0.183. The summed E-state index contributed by atoms with van der Waals surface area (Å²) >= 11 is 0. The molecule has 0 aliphatic carbocycles. The van der Waals surface area contributed by atoms with Gasteiger partial charge in [0, 0.05) is 12.6 Å². The van der Waals surface area contributed by atoms with Crippen LogP contribution in [0.25, 0.3) is 0 Å². The summed E-state index contributed by atoms with van der Waals surface area (Å²) in [7, 11) is 0. The lowest BCUT2D eigenvalue weighted by molar-refractivity contribution is -0.208. The molecule has 2 unspecified atom stereocenters. The van der Waals surface area contributed by atoms with Crippen LogP contribution in [-0.2, 0) is 0 Å². The summed E-state index contributed by atoms with van der Waals surface area (Å²) in [6.07, 6.45) is -5.45. The zero-order valence-electron chi connectivity index (χ0n) is 10.2. The van der Waals surface area contributed by atoms with E-state index in [9.17, 15) is 17.6 Å². The molecule has 1 N–H and O–H groups in total. The van der Waals surface area contributed by atoms with E-state index in [1.54, 1.807) is 17.0 Å². The number of aliphatic hydroxyl groups excluding tert-OH is 1. The normalized spacial score (nSPS) is 22.7. The van der Waals surface area contributed by atoms with E-state index in [1.807, 2.05) is 0 Å². The highest BCUT2D eigenvalue weighted by atomic mass is 19.4. The van der Waals surface area contributed by atoms with Gasteiger partial charge < -0.3 is 5.11 Å².